The average Bonchev–Trinajstić information content (AvgIpc) is 3.24. The van der Waals surface area contributed by atoms with E-state index in [1.807, 2.05) is 29.8 Å². The number of imidazole rings is 1. The third-order valence-electron chi connectivity index (χ3n) is 5.52. The molecule has 1 N–H and O–H groups in total. The molecule has 0 atom stereocenters. The second-order valence-corrected chi connectivity index (χ2v) is 9.82. The molecule has 9 nitrogen and oxygen atoms in total. The van der Waals surface area contributed by atoms with Gasteiger partial charge in [-0.15, -0.1) is 0 Å². The fraction of sp³-hybridized carbons (Fsp3) is 0.333. The molecule has 32 heavy (non-hydrogen) atoms. The first-order valence-corrected chi connectivity index (χ1v) is 12.0. The molecule has 0 spiro atoms. The molecule has 4 heterocycles. The van der Waals surface area contributed by atoms with Crippen molar-refractivity contribution in [1.29, 1.82) is 0 Å². The number of amides is 1. The summed E-state index contributed by atoms with van der Waals surface area (Å²) in [5.41, 5.74) is 0.919. The summed E-state index contributed by atoms with van der Waals surface area (Å²) < 4.78 is 28.9. The Morgan fingerprint density at radius 2 is 1.94 bits per heavy atom. The lowest BCUT2D eigenvalue weighted by Crippen LogP contribution is -2.43. The lowest BCUT2D eigenvalue weighted by molar-refractivity contribution is -0.126. The number of carbonyl (C=O) groups is 1. The molecular weight excluding hydrogens is 452 g/mol. The molecule has 0 unspecified atom stereocenters. The maximum Gasteiger partial charge on any atom is 0.246 e. The predicted molar refractivity (Wildman–Crippen MR) is 119 cm³/mol. The highest BCUT2D eigenvalue weighted by Crippen LogP contribution is 2.27. The normalized spacial score (nSPS) is 15.6. The number of nitrogens with one attached hydrogen (secondary N) is 1. The lowest BCUT2D eigenvalue weighted by atomic mass is 9.97. The number of hydrogen-bond acceptors (Lipinski definition) is 6. The fourth-order valence-corrected chi connectivity index (χ4v) is 5.61. The first kappa shape index (κ1) is 22.4. The van der Waals surface area contributed by atoms with Crippen molar-refractivity contribution in [2.75, 3.05) is 13.1 Å². The van der Waals surface area contributed by atoms with Crippen LogP contribution in [0.25, 0.3) is 5.82 Å². The van der Waals surface area contributed by atoms with Crippen LogP contribution < -0.4 is 5.32 Å². The summed E-state index contributed by atoms with van der Waals surface area (Å²) in [5.74, 6) is 1.23. The second-order valence-electron chi connectivity index (χ2n) is 7.56. The Hall–Kier alpha value is -2.82. The molecule has 0 aromatic carbocycles. The summed E-state index contributed by atoms with van der Waals surface area (Å²) in [7, 11) is -3.73. The van der Waals surface area contributed by atoms with Crippen LogP contribution in [0.4, 0.5) is 0 Å². The van der Waals surface area contributed by atoms with Crippen LogP contribution in [0.5, 0.6) is 0 Å². The van der Waals surface area contributed by atoms with Gasteiger partial charge in [0.05, 0.1) is 0 Å². The Kier molecular flexibility index (Phi) is 6.54. The highest BCUT2D eigenvalue weighted by atomic mass is 35.5. The van der Waals surface area contributed by atoms with Gasteiger partial charge in [-0.1, -0.05) is 11.6 Å². The number of carbonyl (C=O) groups excluding carboxylic acids is 1. The lowest BCUT2D eigenvalue weighted by Gasteiger charge is -2.30. The number of aryl methyl sites for hydroxylation is 1. The number of halogens is 1. The molecule has 1 aliphatic heterocycles. The Morgan fingerprint density at radius 1 is 1.16 bits per heavy atom. The van der Waals surface area contributed by atoms with Crippen LogP contribution in [0.2, 0.25) is 5.15 Å². The van der Waals surface area contributed by atoms with E-state index in [1.54, 1.807) is 12.4 Å². The highest BCUT2D eigenvalue weighted by molar-refractivity contribution is 7.89. The molecule has 0 bridgehead atoms. The number of pyridine rings is 2. The largest absolute Gasteiger partial charge is 0.352 e. The highest BCUT2D eigenvalue weighted by Gasteiger charge is 2.33. The number of sulfonamides is 1. The van der Waals surface area contributed by atoms with E-state index in [0.717, 1.165) is 17.2 Å². The molecule has 0 aliphatic carbocycles. The van der Waals surface area contributed by atoms with Crippen LogP contribution in [0, 0.1) is 12.8 Å². The Bertz CT molecular complexity index is 1220. The third kappa shape index (κ3) is 4.67. The van der Waals surface area contributed by atoms with Gasteiger partial charge in [-0.25, -0.2) is 23.4 Å². The zero-order valence-corrected chi connectivity index (χ0v) is 19.1. The quantitative estimate of drug-likeness (QED) is 0.549. The molecule has 3 aromatic rings. The van der Waals surface area contributed by atoms with Crippen molar-refractivity contribution in [1.82, 2.24) is 29.1 Å². The van der Waals surface area contributed by atoms with Gasteiger partial charge in [-0.2, -0.15) is 4.31 Å². The van der Waals surface area contributed by atoms with E-state index in [2.05, 4.69) is 20.3 Å². The maximum atomic E-state index is 12.8. The van der Waals surface area contributed by atoms with Crippen molar-refractivity contribution < 1.29 is 13.2 Å². The number of rotatable bonds is 6. The van der Waals surface area contributed by atoms with E-state index >= 15 is 0 Å². The van der Waals surface area contributed by atoms with Crippen LogP contribution >= 0.6 is 11.6 Å². The van der Waals surface area contributed by atoms with Gasteiger partial charge in [-0.3, -0.25) is 9.36 Å². The first-order valence-electron chi connectivity index (χ1n) is 10.2. The molecule has 1 amide bonds. The monoisotopic (exact) mass is 474 g/mol. The molecule has 1 fully saturated rings. The molecular formula is C21H23ClN6O3S. The summed E-state index contributed by atoms with van der Waals surface area (Å²) >= 11 is 5.97. The van der Waals surface area contributed by atoms with Crippen LogP contribution in [0.15, 0.2) is 53.9 Å². The van der Waals surface area contributed by atoms with E-state index in [4.69, 9.17) is 11.6 Å². The zero-order valence-electron chi connectivity index (χ0n) is 17.5. The van der Waals surface area contributed by atoms with Crippen LogP contribution in [-0.4, -0.2) is 51.2 Å². The Morgan fingerprint density at radius 3 is 2.62 bits per heavy atom. The summed E-state index contributed by atoms with van der Waals surface area (Å²) in [5, 5.41) is 2.91. The van der Waals surface area contributed by atoms with E-state index < -0.39 is 10.0 Å². The number of hydrogen-bond donors (Lipinski definition) is 1. The van der Waals surface area contributed by atoms with Crippen molar-refractivity contribution >= 4 is 27.5 Å². The van der Waals surface area contributed by atoms with Crippen molar-refractivity contribution in [3.05, 3.63) is 65.6 Å². The van der Waals surface area contributed by atoms with Gasteiger partial charge in [0.15, 0.2) is 0 Å². The van der Waals surface area contributed by atoms with Crippen LogP contribution in [0.1, 0.15) is 24.2 Å². The van der Waals surface area contributed by atoms with Crippen molar-refractivity contribution in [3.8, 4) is 5.82 Å². The smallest absolute Gasteiger partial charge is 0.246 e. The maximum absolute atomic E-state index is 12.8. The number of piperidine rings is 1. The van der Waals surface area contributed by atoms with Gasteiger partial charge in [0.1, 0.15) is 21.7 Å². The van der Waals surface area contributed by atoms with Gasteiger partial charge < -0.3 is 5.32 Å². The van der Waals surface area contributed by atoms with E-state index in [9.17, 15) is 13.2 Å². The molecule has 168 valence electrons. The predicted octanol–water partition coefficient (Wildman–Crippen LogP) is 2.34. The van der Waals surface area contributed by atoms with Crippen molar-refractivity contribution in [2.45, 2.75) is 31.2 Å². The third-order valence-corrected chi connectivity index (χ3v) is 7.86. The minimum absolute atomic E-state index is 0.00816. The number of aromatic nitrogens is 4. The van der Waals surface area contributed by atoms with Crippen molar-refractivity contribution in [3.63, 3.8) is 0 Å². The standard InChI is InChI=1S/C21H23ClN6O3S/c1-15-23-9-12-28(15)19-13-16(4-8-24-19)14-26-21(29)17-5-10-27(11-6-17)32(30,31)18-3-2-7-25-20(18)22/h2-4,7-9,12-13,17H,5-6,10-11,14H2,1H3,(H,26,29). The molecule has 3 aromatic heterocycles. The summed E-state index contributed by atoms with van der Waals surface area (Å²) in [6.07, 6.45) is 7.57. The Balaban J connectivity index is 1.34. The summed E-state index contributed by atoms with van der Waals surface area (Å²) in [6.45, 7) is 2.77. The molecule has 1 saturated heterocycles. The Labute approximate surface area is 191 Å². The second kappa shape index (κ2) is 9.35. The van der Waals surface area contributed by atoms with Gasteiger partial charge in [0.2, 0.25) is 15.9 Å². The molecule has 0 saturated carbocycles. The summed E-state index contributed by atoms with van der Waals surface area (Å²) in [6, 6.07) is 6.74. The van der Waals surface area contributed by atoms with Crippen LogP contribution in [-0.2, 0) is 21.4 Å². The van der Waals surface area contributed by atoms with Crippen LogP contribution in [0.3, 0.4) is 0 Å². The first-order chi connectivity index (χ1) is 15.4. The minimum atomic E-state index is -3.73. The zero-order chi connectivity index (χ0) is 22.7. The molecule has 1 aliphatic rings. The van der Waals surface area contributed by atoms with Crippen molar-refractivity contribution in [2.24, 2.45) is 5.92 Å². The fourth-order valence-electron chi connectivity index (χ4n) is 3.72. The molecule has 11 heteroatoms. The SMILES string of the molecule is Cc1nccn1-c1cc(CNC(=O)C2CCN(S(=O)(=O)c3cccnc3Cl)CC2)ccn1. The molecule has 4 rings (SSSR count). The summed E-state index contributed by atoms with van der Waals surface area (Å²) in [4.78, 5) is 25.1. The van der Waals surface area contributed by atoms with E-state index in [0.29, 0.717) is 19.4 Å². The van der Waals surface area contributed by atoms with E-state index in [1.165, 1.54) is 22.6 Å². The van der Waals surface area contributed by atoms with E-state index in [-0.39, 0.29) is 35.0 Å². The van der Waals surface area contributed by atoms with Gasteiger partial charge in [0.25, 0.3) is 0 Å². The average molecular weight is 475 g/mol. The molecule has 0 radical (unpaired) electrons. The minimum Gasteiger partial charge on any atom is -0.352 e. The van der Waals surface area contributed by atoms with Gasteiger partial charge in [-0.05, 0) is 49.6 Å². The van der Waals surface area contributed by atoms with Gasteiger partial charge in [0, 0.05) is 50.3 Å². The topological polar surface area (TPSA) is 110 Å². The number of nitrogens with zero attached hydrogens (tertiary/aromatic N) is 5. The van der Waals surface area contributed by atoms with Gasteiger partial charge >= 0.3 is 0 Å².